The highest BCUT2D eigenvalue weighted by molar-refractivity contribution is 5.62. The summed E-state index contributed by atoms with van der Waals surface area (Å²) in [5, 5.41) is 7.74. The Labute approximate surface area is 113 Å². The van der Waals surface area contributed by atoms with Crippen molar-refractivity contribution in [2.45, 2.75) is 19.4 Å². The van der Waals surface area contributed by atoms with Gasteiger partial charge in [0, 0.05) is 19.2 Å². The molecule has 19 heavy (non-hydrogen) atoms. The summed E-state index contributed by atoms with van der Waals surface area (Å²) in [5.41, 5.74) is 4.68. The molecule has 100 valence electrons. The number of ether oxygens (including phenoxy) is 1. The normalized spacial score (nSPS) is 14.0. The van der Waals surface area contributed by atoms with Crippen LogP contribution in [0.25, 0.3) is 11.3 Å². The van der Waals surface area contributed by atoms with Gasteiger partial charge in [0.25, 0.3) is 0 Å². The molecule has 0 bridgehead atoms. The maximum Gasteiger partial charge on any atom is 0.122 e. The van der Waals surface area contributed by atoms with Crippen LogP contribution in [0.5, 0.6) is 5.75 Å². The lowest BCUT2D eigenvalue weighted by molar-refractivity contribution is 0.288. The van der Waals surface area contributed by atoms with Crippen LogP contribution in [0.4, 0.5) is 0 Å². The van der Waals surface area contributed by atoms with E-state index in [1.807, 2.05) is 18.8 Å². The summed E-state index contributed by atoms with van der Waals surface area (Å²) in [6, 6.07) is 8.51. The number of fused-ring (bicyclic) bond motifs is 1. The first-order valence-electron chi connectivity index (χ1n) is 6.71. The summed E-state index contributed by atoms with van der Waals surface area (Å²) in [6.45, 7) is 1.67. The lowest BCUT2D eigenvalue weighted by Crippen LogP contribution is -2.09. The molecule has 1 aliphatic heterocycles. The van der Waals surface area contributed by atoms with Crippen LogP contribution in [0.1, 0.15) is 17.7 Å². The van der Waals surface area contributed by atoms with Crippen molar-refractivity contribution >= 4 is 0 Å². The third-order valence-corrected chi connectivity index (χ3v) is 3.54. The van der Waals surface area contributed by atoms with Gasteiger partial charge in [-0.05, 0) is 49.7 Å². The van der Waals surface area contributed by atoms with E-state index in [9.17, 15) is 0 Å². The summed E-state index contributed by atoms with van der Waals surface area (Å²) in [6.07, 6.45) is 2.20. The van der Waals surface area contributed by atoms with E-state index in [-0.39, 0.29) is 0 Å². The fraction of sp³-hybridized carbons (Fsp3) is 0.400. The predicted molar refractivity (Wildman–Crippen MR) is 75.2 cm³/mol. The van der Waals surface area contributed by atoms with Gasteiger partial charge >= 0.3 is 0 Å². The fourth-order valence-corrected chi connectivity index (χ4v) is 2.51. The summed E-state index contributed by atoms with van der Waals surface area (Å²) in [5.74, 6) is 1.03. The number of aryl methyl sites for hydroxylation is 2. The molecule has 4 nitrogen and oxygen atoms in total. The highest BCUT2D eigenvalue weighted by Gasteiger charge is 2.13. The van der Waals surface area contributed by atoms with Gasteiger partial charge in [0.15, 0.2) is 0 Å². The number of nitrogens with zero attached hydrogens (tertiary/aromatic N) is 2. The van der Waals surface area contributed by atoms with E-state index in [2.05, 4.69) is 34.7 Å². The molecule has 1 aromatic heterocycles. The zero-order valence-corrected chi connectivity index (χ0v) is 11.4. The van der Waals surface area contributed by atoms with Gasteiger partial charge < -0.3 is 10.1 Å². The van der Waals surface area contributed by atoms with E-state index in [4.69, 9.17) is 4.74 Å². The molecule has 0 fully saturated rings. The molecule has 0 radical (unpaired) electrons. The predicted octanol–water partition coefficient (Wildman–Crippen LogP) is 2.13. The van der Waals surface area contributed by atoms with E-state index >= 15 is 0 Å². The maximum atomic E-state index is 5.65. The maximum absolute atomic E-state index is 5.65. The van der Waals surface area contributed by atoms with Gasteiger partial charge in [-0.15, -0.1) is 0 Å². The molecule has 4 heteroatoms. The summed E-state index contributed by atoms with van der Waals surface area (Å²) < 4.78 is 7.58. The first-order valence-corrected chi connectivity index (χ1v) is 6.71. The van der Waals surface area contributed by atoms with E-state index < -0.39 is 0 Å². The number of benzene rings is 1. The van der Waals surface area contributed by atoms with Gasteiger partial charge in [-0.1, -0.05) is 0 Å². The molecular formula is C15H19N3O. The van der Waals surface area contributed by atoms with E-state index in [0.717, 1.165) is 37.4 Å². The van der Waals surface area contributed by atoms with E-state index in [0.29, 0.717) is 0 Å². The Hall–Kier alpha value is -1.81. The minimum absolute atomic E-state index is 0.831. The zero-order chi connectivity index (χ0) is 13.2. The van der Waals surface area contributed by atoms with Crippen LogP contribution in [-0.4, -0.2) is 23.4 Å². The van der Waals surface area contributed by atoms with Crippen LogP contribution in [-0.2, 0) is 20.0 Å². The molecule has 2 heterocycles. The molecule has 3 rings (SSSR count). The Bertz CT molecular complexity index is 589. The van der Waals surface area contributed by atoms with Crippen LogP contribution in [0.2, 0.25) is 0 Å². The molecule has 0 spiro atoms. The lowest BCUT2D eigenvalue weighted by Gasteiger charge is -2.17. The van der Waals surface area contributed by atoms with Gasteiger partial charge in [0.1, 0.15) is 5.75 Å². The summed E-state index contributed by atoms with van der Waals surface area (Å²) in [7, 11) is 3.93. The first kappa shape index (κ1) is 12.2. The molecule has 1 N–H and O–H groups in total. The Morgan fingerprint density at radius 3 is 3.11 bits per heavy atom. The van der Waals surface area contributed by atoms with Crippen molar-refractivity contribution in [1.29, 1.82) is 0 Å². The molecule has 0 unspecified atom stereocenters. The second kappa shape index (κ2) is 5.05. The third kappa shape index (κ3) is 2.36. The van der Waals surface area contributed by atoms with Crippen LogP contribution in [0.3, 0.4) is 0 Å². The van der Waals surface area contributed by atoms with Crippen molar-refractivity contribution in [3.05, 3.63) is 35.5 Å². The largest absolute Gasteiger partial charge is 0.493 e. The van der Waals surface area contributed by atoms with Crippen molar-refractivity contribution in [2.24, 2.45) is 7.05 Å². The molecule has 2 aromatic rings. The van der Waals surface area contributed by atoms with Crippen molar-refractivity contribution in [3.63, 3.8) is 0 Å². The third-order valence-electron chi connectivity index (χ3n) is 3.54. The number of hydrogen-bond acceptors (Lipinski definition) is 3. The summed E-state index contributed by atoms with van der Waals surface area (Å²) >= 11 is 0. The van der Waals surface area contributed by atoms with Gasteiger partial charge in [-0.2, -0.15) is 5.10 Å². The zero-order valence-electron chi connectivity index (χ0n) is 11.4. The second-order valence-corrected chi connectivity index (χ2v) is 4.95. The number of aromatic nitrogens is 2. The highest BCUT2D eigenvalue weighted by atomic mass is 16.5. The van der Waals surface area contributed by atoms with Crippen molar-refractivity contribution in [3.8, 4) is 17.0 Å². The Balaban J connectivity index is 1.95. The minimum Gasteiger partial charge on any atom is -0.493 e. The molecule has 0 saturated carbocycles. The van der Waals surface area contributed by atoms with Gasteiger partial charge in [0.05, 0.1) is 18.0 Å². The van der Waals surface area contributed by atoms with Crippen LogP contribution >= 0.6 is 0 Å². The molecule has 0 aliphatic carbocycles. The van der Waals surface area contributed by atoms with Gasteiger partial charge in [0.2, 0.25) is 0 Å². The SMILES string of the molecule is CNCc1cc(-c2ccc3c(c2)CCCO3)nn1C. The second-order valence-electron chi connectivity index (χ2n) is 4.95. The molecule has 1 aliphatic rings. The van der Waals surface area contributed by atoms with E-state index in [1.165, 1.54) is 16.8 Å². The van der Waals surface area contributed by atoms with E-state index in [1.54, 1.807) is 0 Å². The van der Waals surface area contributed by atoms with Gasteiger partial charge in [-0.3, -0.25) is 4.68 Å². The number of nitrogens with one attached hydrogen (secondary N) is 1. The minimum atomic E-state index is 0.831. The average molecular weight is 257 g/mol. The van der Waals surface area contributed by atoms with Gasteiger partial charge in [-0.25, -0.2) is 0 Å². The Morgan fingerprint density at radius 2 is 2.26 bits per heavy atom. The molecule has 1 aromatic carbocycles. The number of rotatable bonds is 3. The standard InChI is InChI=1S/C15H19N3O/c1-16-10-13-9-14(17-18(13)2)11-5-6-15-12(8-11)4-3-7-19-15/h5-6,8-9,16H,3-4,7,10H2,1-2H3. The molecule has 0 saturated heterocycles. The quantitative estimate of drug-likeness (QED) is 0.915. The van der Waals surface area contributed by atoms with Crippen LogP contribution < -0.4 is 10.1 Å². The van der Waals surface area contributed by atoms with Crippen molar-refractivity contribution < 1.29 is 4.74 Å². The Morgan fingerprint density at radius 1 is 1.37 bits per heavy atom. The van der Waals surface area contributed by atoms with Crippen molar-refractivity contribution in [1.82, 2.24) is 15.1 Å². The molecule has 0 atom stereocenters. The highest BCUT2D eigenvalue weighted by Crippen LogP contribution is 2.29. The average Bonchev–Trinajstić information content (AvgIpc) is 2.80. The lowest BCUT2D eigenvalue weighted by atomic mass is 10.0. The fourth-order valence-electron chi connectivity index (χ4n) is 2.51. The van der Waals surface area contributed by atoms with Crippen LogP contribution in [0.15, 0.2) is 24.3 Å². The molecular weight excluding hydrogens is 238 g/mol. The summed E-state index contributed by atoms with van der Waals surface area (Å²) in [4.78, 5) is 0. The smallest absolute Gasteiger partial charge is 0.122 e. The van der Waals surface area contributed by atoms with Crippen LogP contribution in [0, 0.1) is 0 Å². The monoisotopic (exact) mass is 257 g/mol. The molecule has 0 amide bonds. The Kier molecular flexibility index (Phi) is 3.25. The number of hydrogen-bond donors (Lipinski definition) is 1. The topological polar surface area (TPSA) is 39.1 Å². The first-order chi connectivity index (χ1) is 9.28. The van der Waals surface area contributed by atoms with Crippen molar-refractivity contribution in [2.75, 3.05) is 13.7 Å².